The second-order valence-electron chi connectivity index (χ2n) is 4.97. The fourth-order valence-corrected chi connectivity index (χ4v) is 2.12. The van der Waals surface area contributed by atoms with Gasteiger partial charge in [0.15, 0.2) is 0 Å². The summed E-state index contributed by atoms with van der Waals surface area (Å²) in [6, 6.07) is 6.89. The Kier molecular flexibility index (Phi) is 2.54. The molecule has 0 amide bonds. The van der Waals surface area contributed by atoms with Crippen LogP contribution in [0.5, 0.6) is 0 Å². The standard InChI is InChI=1S/C13H15NO2/c1-13(2)7-6-11(9-13)10-4-3-5-12(8-10)14(15)16/h3-5,8-9H,6-7H2,1-2H3. The number of nitrogens with zero attached hydrogens (tertiary/aromatic N) is 1. The molecule has 2 rings (SSSR count). The average molecular weight is 217 g/mol. The molecule has 0 fully saturated rings. The molecule has 1 aromatic rings. The predicted molar refractivity (Wildman–Crippen MR) is 64.1 cm³/mol. The number of non-ortho nitro benzene ring substituents is 1. The van der Waals surface area contributed by atoms with E-state index < -0.39 is 0 Å². The predicted octanol–water partition coefficient (Wildman–Crippen LogP) is 3.80. The summed E-state index contributed by atoms with van der Waals surface area (Å²) in [5, 5.41) is 10.7. The zero-order valence-electron chi connectivity index (χ0n) is 9.56. The Morgan fingerprint density at radius 1 is 1.38 bits per heavy atom. The first-order valence-electron chi connectivity index (χ1n) is 5.44. The molecule has 0 N–H and O–H groups in total. The van der Waals surface area contributed by atoms with Crippen LogP contribution in [0.15, 0.2) is 30.3 Å². The largest absolute Gasteiger partial charge is 0.270 e. The normalized spacial score (nSPS) is 18.2. The van der Waals surface area contributed by atoms with Gasteiger partial charge in [0.1, 0.15) is 0 Å². The maximum atomic E-state index is 10.7. The topological polar surface area (TPSA) is 43.1 Å². The summed E-state index contributed by atoms with van der Waals surface area (Å²) in [4.78, 5) is 10.3. The van der Waals surface area contributed by atoms with Gasteiger partial charge in [0.2, 0.25) is 0 Å². The van der Waals surface area contributed by atoms with Gasteiger partial charge in [-0.05, 0) is 29.4 Å². The fourth-order valence-electron chi connectivity index (χ4n) is 2.12. The van der Waals surface area contributed by atoms with Gasteiger partial charge in [-0.1, -0.05) is 32.1 Å². The highest BCUT2D eigenvalue weighted by molar-refractivity contribution is 5.69. The highest BCUT2D eigenvalue weighted by Crippen LogP contribution is 2.39. The summed E-state index contributed by atoms with van der Waals surface area (Å²) in [5.74, 6) is 0. The van der Waals surface area contributed by atoms with Gasteiger partial charge in [-0.2, -0.15) is 0 Å². The maximum Gasteiger partial charge on any atom is 0.270 e. The highest BCUT2D eigenvalue weighted by Gasteiger charge is 2.23. The van der Waals surface area contributed by atoms with E-state index >= 15 is 0 Å². The third-order valence-corrected chi connectivity index (χ3v) is 3.03. The first kappa shape index (κ1) is 10.9. The lowest BCUT2D eigenvalue weighted by atomic mass is 9.94. The third-order valence-electron chi connectivity index (χ3n) is 3.03. The average Bonchev–Trinajstić information content (AvgIpc) is 2.59. The Bertz CT molecular complexity index is 461. The molecule has 0 spiro atoms. The summed E-state index contributed by atoms with van der Waals surface area (Å²) in [5.41, 5.74) is 2.61. The van der Waals surface area contributed by atoms with Crippen molar-refractivity contribution in [2.75, 3.05) is 0 Å². The van der Waals surface area contributed by atoms with Gasteiger partial charge < -0.3 is 0 Å². The Morgan fingerprint density at radius 3 is 2.69 bits per heavy atom. The van der Waals surface area contributed by atoms with E-state index in [2.05, 4.69) is 19.9 Å². The van der Waals surface area contributed by atoms with Gasteiger partial charge in [0.25, 0.3) is 5.69 Å². The second kappa shape index (κ2) is 3.74. The molecule has 0 atom stereocenters. The molecular formula is C13H15NO2. The van der Waals surface area contributed by atoms with E-state index in [4.69, 9.17) is 0 Å². The Balaban J connectivity index is 2.35. The molecule has 84 valence electrons. The minimum absolute atomic E-state index is 0.170. The summed E-state index contributed by atoms with van der Waals surface area (Å²) in [6.45, 7) is 4.38. The minimum atomic E-state index is -0.343. The molecule has 0 aromatic heterocycles. The Morgan fingerprint density at radius 2 is 2.12 bits per heavy atom. The van der Waals surface area contributed by atoms with Crippen LogP contribution in [0.4, 0.5) is 5.69 Å². The van der Waals surface area contributed by atoms with Crippen LogP contribution in [0, 0.1) is 15.5 Å². The molecule has 3 nitrogen and oxygen atoms in total. The van der Waals surface area contributed by atoms with Crippen LogP contribution in [0.2, 0.25) is 0 Å². The first-order chi connectivity index (χ1) is 7.48. The summed E-state index contributed by atoms with van der Waals surface area (Å²) >= 11 is 0. The quantitative estimate of drug-likeness (QED) is 0.558. The van der Waals surface area contributed by atoms with Gasteiger partial charge in [0.05, 0.1) is 4.92 Å². The zero-order valence-corrected chi connectivity index (χ0v) is 9.56. The monoisotopic (exact) mass is 217 g/mol. The van der Waals surface area contributed by atoms with Gasteiger partial charge in [-0.25, -0.2) is 0 Å². The summed E-state index contributed by atoms with van der Waals surface area (Å²) < 4.78 is 0. The number of nitro benzene ring substituents is 1. The minimum Gasteiger partial charge on any atom is -0.258 e. The van der Waals surface area contributed by atoms with E-state index in [-0.39, 0.29) is 16.0 Å². The van der Waals surface area contributed by atoms with Crippen molar-refractivity contribution >= 4 is 11.3 Å². The molecule has 3 heteroatoms. The van der Waals surface area contributed by atoms with Crippen LogP contribution in [-0.2, 0) is 0 Å². The molecule has 16 heavy (non-hydrogen) atoms. The molecule has 0 radical (unpaired) electrons. The van der Waals surface area contributed by atoms with Gasteiger partial charge in [-0.15, -0.1) is 0 Å². The molecule has 0 saturated heterocycles. The number of allylic oxidation sites excluding steroid dienone is 2. The fraction of sp³-hybridized carbons (Fsp3) is 0.385. The lowest BCUT2D eigenvalue weighted by molar-refractivity contribution is -0.384. The molecule has 0 bridgehead atoms. The number of benzene rings is 1. The van der Waals surface area contributed by atoms with Crippen LogP contribution in [0.1, 0.15) is 32.3 Å². The van der Waals surface area contributed by atoms with E-state index in [9.17, 15) is 10.1 Å². The second-order valence-corrected chi connectivity index (χ2v) is 4.97. The lowest BCUT2D eigenvalue weighted by Gasteiger charge is -2.11. The number of rotatable bonds is 2. The van der Waals surface area contributed by atoms with Crippen LogP contribution in [-0.4, -0.2) is 4.92 Å². The van der Waals surface area contributed by atoms with Crippen LogP contribution < -0.4 is 0 Å². The summed E-state index contributed by atoms with van der Waals surface area (Å²) in [6.07, 6.45) is 4.35. The first-order valence-corrected chi connectivity index (χ1v) is 5.44. The number of hydrogen-bond donors (Lipinski definition) is 0. The van der Waals surface area contributed by atoms with E-state index in [1.807, 2.05) is 6.07 Å². The van der Waals surface area contributed by atoms with Crippen LogP contribution >= 0.6 is 0 Å². The molecular weight excluding hydrogens is 202 g/mol. The number of hydrogen-bond acceptors (Lipinski definition) is 2. The summed E-state index contributed by atoms with van der Waals surface area (Å²) in [7, 11) is 0. The highest BCUT2D eigenvalue weighted by atomic mass is 16.6. The van der Waals surface area contributed by atoms with Crippen molar-refractivity contribution in [3.05, 3.63) is 46.0 Å². The number of nitro groups is 1. The smallest absolute Gasteiger partial charge is 0.258 e. The zero-order chi connectivity index (χ0) is 11.8. The Labute approximate surface area is 94.9 Å². The van der Waals surface area contributed by atoms with Gasteiger partial charge >= 0.3 is 0 Å². The van der Waals surface area contributed by atoms with Crippen molar-refractivity contribution in [2.45, 2.75) is 26.7 Å². The van der Waals surface area contributed by atoms with Crippen molar-refractivity contribution in [3.8, 4) is 0 Å². The molecule has 0 aliphatic heterocycles. The SMILES string of the molecule is CC1(C)C=C(c2cccc([N+](=O)[O-])c2)CC1. The molecule has 0 heterocycles. The van der Waals surface area contributed by atoms with Crippen LogP contribution in [0.25, 0.3) is 5.57 Å². The van der Waals surface area contributed by atoms with Crippen molar-refractivity contribution in [3.63, 3.8) is 0 Å². The van der Waals surface area contributed by atoms with Crippen molar-refractivity contribution in [1.82, 2.24) is 0 Å². The maximum absolute atomic E-state index is 10.7. The lowest BCUT2D eigenvalue weighted by Crippen LogP contribution is -2.00. The molecule has 1 aromatic carbocycles. The molecule has 1 aliphatic rings. The van der Waals surface area contributed by atoms with Crippen LogP contribution in [0.3, 0.4) is 0 Å². The molecule has 0 unspecified atom stereocenters. The third kappa shape index (κ3) is 2.13. The molecule has 0 saturated carbocycles. The van der Waals surface area contributed by atoms with E-state index in [0.717, 1.165) is 18.4 Å². The van der Waals surface area contributed by atoms with E-state index in [1.54, 1.807) is 12.1 Å². The van der Waals surface area contributed by atoms with E-state index in [1.165, 1.54) is 11.6 Å². The van der Waals surface area contributed by atoms with Crippen molar-refractivity contribution < 1.29 is 4.92 Å². The van der Waals surface area contributed by atoms with Gasteiger partial charge in [-0.3, -0.25) is 10.1 Å². The van der Waals surface area contributed by atoms with E-state index in [0.29, 0.717) is 0 Å². The Hall–Kier alpha value is -1.64. The molecule has 1 aliphatic carbocycles. The van der Waals surface area contributed by atoms with Crippen molar-refractivity contribution in [2.24, 2.45) is 5.41 Å². The van der Waals surface area contributed by atoms with Gasteiger partial charge in [0, 0.05) is 12.1 Å². The van der Waals surface area contributed by atoms with Crippen molar-refractivity contribution in [1.29, 1.82) is 0 Å².